The van der Waals surface area contributed by atoms with E-state index in [1.54, 1.807) is 13.2 Å². The van der Waals surface area contributed by atoms with Crippen molar-refractivity contribution < 1.29 is 17.9 Å². The second-order valence-electron chi connectivity index (χ2n) is 12.6. The van der Waals surface area contributed by atoms with Gasteiger partial charge in [-0.1, -0.05) is 37.9 Å². The van der Waals surface area contributed by atoms with Crippen molar-refractivity contribution in [2.24, 2.45) is 0 Å². The van der Waals surface area contributed by atoms with Gasteiger partial charge in [0.1, 0.15) is 16.4 Å². The standard InChI is InChI=1S/C7H6BrClO3S.C7H7BrO.I110/c1-12-6-4-5(8)2-3-7(6)13(9,10)11;1-9-7-4-2-3-6(8)5-7;1-57(2)59(5)61(7)63(9)65(11)67(13)69(15)71(17)73(19)75(21)77(23)79(25)81(27)83(29)85(31)87(33)89(35)91(37)93(39)95(41)97(43)99(45)101(47)103(49)105(51)107(53)109(55)110(56)108(54)106(52)104(50)102(48)100(46)98(44)96(42)94(40)92(38)90(36)88(34)86(32)84(30)82(28)80(26)78(24)76(22)74(20)72(18)70(16)68(14)66(12)64(10)62(8)60(6)58(3)4/h2-4H,1H3;2-5H,1H3;. The Kier molecular flexibility index (Phi) is 201. The molecule has 890 valence electrons. The van der Waals surface area contributed by atoms with Crippen molar-refractivity contribution in [2.75, 3.05) is 14.2 Å². The van der Waals surface area contributed by atoms with Crippen LogP contribution in [-0.4, -0.2) is 22.6 Å². The Labute approximate surface area is 1530 Å². The van der Waals surface area contributed by atoms with Gasteiger partial charge in [-0.25, -0.2) is 8.42 Å². The molecule has 0 aliphatic carbocycles. The molecule has 0 heterocycles. The number of methoxy groups -OCH3 is 2. The van der Waals surface area contributed by atoms with E-state index in [4.69, 9.17) is 20.2 Å². The summed E-state index contributed by atoms with van der Waals surface area (Å²) in [4.78, 5) is -0.0279. The van der Waals surface area contributed by atoms with Crippen LogP contribution in [-0.2, 0) is 9.05 Å². The van der Waals surface area contributed by atoms with E-state index in [1.807, 2.05) is 24.3 Å². The molecule has 2 aromatic carbocycles. The van der Waals surface area contributed by atoms with E-state index in [2.05, 4.69) is 1070 Å². The summed E-state index contributed by atoms with van der Waals surface area (Å²) in [5.74, 6) is 1.11. The monoisotopic (exact) mass is 14400 g/mol. The second-order valence-corrected chi connectivity index (χ2v) is 2650. The fourth-order valence-electron chi connectivity index (χ4n) is 3.04. The number of halogens is 113. The SMILES string of the molecule is COc1cc(Br)ccc1S(=O)(=O)Cl.COc1cccc(Br)c1.II(I)I(I)I(I)I(I)I(I)I(I)I(I)I(I)I(I)I(I)I(I)I(I)I(I)I(I)I(I)I(I)I(I)I(I)I(I)I(I)I(I)I(I)I(I)I(I)I(I)I(I)I(I)I(I)I(I)I(I)I(I)I(I)I(I)I(I)I(I)I(I)I(I)I(I)I(I)I(I)I(I)I(I)I(I)I(I)I(I)I(I)I(I)I(I)I(I)I(I)I(I)I(I)I(I)I(I)I. The molecule has 0 bridgehead atoms. The number of ether oxygens (including phenoxy) is 2. The first-order valence-electron chi connectivity index (χ1n) is 21.4. The zero-order chi connectivity index (χ0) is 104. The van der Waals surface area contributed by atoms with Gasteiger partial charge in [0, 0.05) is 19.6 Å². The molecule has 0 aromatic heterocycles. The van der Waals surface area contributed by atoms with Crippen LogP contribution in [0.3, 0.4) is 0 Å². The van der Waals surface area contributed by atoms with E-state index in [0.29, 0.717) is 0 Å². The average molecular weight is 14400 g/mol. The molecule has 2 rings (SSSR count). The zero-order valence-electron chi connectivity index (χ0n) is 53.3. The molecule has 118 heteroatoms. The Hall–Kier alpha value is 79.5. The Morgan fingerprint density at radius 1 is 0.197 bits per heavy atom. The zero-order valence-corrected chi connectivity index (χ0v) is 295. The minimum absolute atomic E-state index is 0.0279. The van der Waals surface area contributed by atoms with Gasteiger partial charge in [-0.2, -0.15) is 0 Å². The van der Waals surface area contributed by atoms with Crippen molar-refractivity contribution in [3.63, 3.8) is 0 Å². The number of hydrogen-bond acceptors (Lipinski definition) is 4. The summed E-state index contributed by atoms with van der Waals surface area (Å²) in [5, 5.41) is 0. The van der Waals surface area contributed by atoms with Gasteiger partial charge in [-0.15, -0.1) is 0 Å². The molecule has 0 saturated carbocycles. The predicted octanol–water partition coefficient (Wildman–Crippen LogP) is 102. The topological polar surface area (TPSA) is 52.6 Å². The summed E-state index contributed by atoms with van der Waals surface area (Å²) in [5.41, 5.74) is 0. The van der Waals surface area contributed by atoms with Crippen molar-refractivity contribution in [3.8, 4) is 11.5 Å². The van der Waals surface area contributed by atoms with Crippen LogP contribution in [0.2, 0.25) is 0 Å². The van der Waals surface area contributed by atoms with Crippen LogP contribution >= 0.6 is 1510 Å². The molecule has 4 nitrogen and oxygen atoms in total. The molecular formula is C14H13Br2ClI110O4S. The molecule has 0 atom stereocenters. The van der Waals surface area contributed by atoms with Gasteiger partial charge >= 0.3 is 1470 Å². The van der Waals surface area contributed by atoms with E-state index in [0.717, 1.165) is 14.7 Å². The first-order chi connectivity index (χ1) is 60.3. The average Bonchev–Trinajstić information content (AvgIpc) is 0.811. The summed E-state index contributed by atoms with van der Waals surface area (Å²) < 4.78 is 33.6. The first kappa shape index (κ1) is 212. The Morgan fingerprint density at radius 3 is 0.424 bits per heavy atom. The van der Waals surface area contributed by atoms with Crippen LogP contribution in [0.5, 0.6) is 11.5 Å². The van der Waals surface area contributed by atoms with Crippen LogP contribution in [0.15, 0.2) is 56.3 Å². The van der Waals surface area contributed by atoms with E-state index in [1.165, 1.54) is 19.2 Å². The van der Waals surface area contributed by atoms with Crippen LogP contribution in [0.25, 0.3) is 0 Å². The predicted molar refractivity (Wildman–Crippen MR) is 1640 cm³/mol. The molecule has 132 heavy (non-hydrogen) atoms. The molecule has 0 fully saturated rings. The van der Waals surface area contributed by atoms with Crippen molar-refractivity contribution in [3.05, 3.63) is 51.4 Å². The third-order valence-electron chi connectivity index (χ3n) is 6.75. The maximum absolute atomic E-state index is 11.0. The van der Waals surface area contributed by atoms with Crippen LogP contribution < -0.4 is 9.47 Å². The van der Waals surface area contributed by atoms with Crippen molar-refractivity contribution in [1.82, 2.24) is 0 Å². The fourth-order valence-corrected chi connectivity index (χ4v) is 21800. The molecule has 0 radical (unpaired) electrons. The fraction of sp³-hybridized carbons (Fsp3) is 0.143. The van der Waals surface area contributed by atoms with Gasteiger partial charge in [-0.3, -0.25) is 0 Å². The Morgan fingerprint density at radius 2 is 0.326 bits per heavy atom. The third-order valence-corrected chi connectivity index (χ3v) is 8770. The van der Waals surface area contributed by atoms with E-state index in [9.17, 15) is 8.42 Å². The number of rotatable bonds is 56. The van der Waals surface area contributed by atoms with Gasteiger partial charge < -0.3 is 9.47 Å². The van der Waals surface area contributed by atoms with E-state index >= 15 is 0 Å². The van der Waals surface area contributed by atoms with Gasteiger partial charge in [0.15, 0.2) is 0 Å². The van der Waals surface area contributed by atoms with E-state index < -0.39 is 435 Å². The van der Waals surface area contributed by atoms with E-state index in [-0.39, 0.29) is 10.6 Å². The quantitative estimate of drug-likeness (QED) is 0.0489. The Bertz CT molecular complexity index is 3390. The normalized spacial score (nSPS) is 17.7. The Balaban J connectivity index is 0.00000673. The summed E-state index contributed by atoms with van der Waals surface area (Å²) in [6, 6.07) is 12.2. The molecule has 0 aliphatic heterocycles. The van der Waals surface area contributed by atoms with Crippen molar-refractivity contribution >= 4 is 1520 Å². The third kappa shape index (κ3) is 86.5. The summed E-state index contributed by atoms with van der Waals surface area (Å²) in [6.45, 7) is 0. The van der Waals surface area contributed by atoms with Gasteiger partial charge in [0.2, 0.25) is 0 Å². The maximum atomic E-state index is 11.0. The molecule has 2 aromatic rings. The minimum atomic E-state index is -3.74. The number of hydrogen-bond donors (Lipinski definition) is 0. The molecule has 0 aliphatic rings. The summed E-state index contributed by atoms with van der Waals surface area (Å²) in [7, 11) is -29.1. The van der Waals surface area contributed by atoms with Crippen molar-refractivity contribution in [2.45, 2.75) is 4.90 Å². The van der Waals surface area contributed by atoms with Crippen LogP contribution in [0.1, 0.15) is 0 Å². The molecule has 0 unspecified atom stereocenters. The van der Waals surface area contributed by atoms with Gasteiger partial charge in [-0.05, 0) is 36.4 Å². The van der Waals surface area contributed by atoms with Gasteiger partial charge in [0.25, 0.3) is 9.05 Å². The van der Waals surface area contributed by atoms with Crippen molar-refractivity contribution in [1.29, 1.82) is 0 Å². The second kappa shape index (κ2) is 125. The number of benzene rings is 2. The summed E-state index contributed by atoms with van der Waals surface area (Å²) in [6.07, 6.45) is 0. The molecule has 0 saturated heterocycles. The van der Waals surface area contributed by atoms with Crippen LogP contribution in [0.4, 0.5) is 0 Å². The summed E-state index contributed by atoms with van der Waals surface area (Å²) >= 11 is 197. The van der Waals surface area contributed by atoms with Gasteiger partial charge in [0.05, 0.1) is 14.2 Å². The molecule has 0 N–H and O–H groups in total. The molecular weight excluding hydrogens is 14400 g/mol. The van der Waals surface area contributed by atoms with Crippen LogP contribution in [0, 0.1) is 0 Å². The molecule has 0 amide bonds. The molecule has 0 spiro atoms. The first-order valence-corrected chi connectivity index (χ1v) is 710.